The highest BCUT2D eigenvalue weighted by molar-refractivity contribution is 5.94. The molecule has 1 aromatic rings. The largest absolute Gasteiger partial charge is 0.335 e. The van der Waals surface area contributed by atoms with Gasteiger partial charge in [0.2, 0.25) is 0 Å². The summed E-state index contributed by atoms with van der Waals surface area (Å²) in [7, 11) is 0. The molecule has 0 radical (unpaired) electrons. The van der Waals surface area contributed by atoms with Crippen molar-refractivity contribution in [1.29, 1.82) is 0 Å². The maximum Gasteiger partial charge on any atom is 0.257 e. The number of carbonyl (C=O) groups is 1. The standard InChI is InChI=1S/C14H23N5O/c1-11(2)17-3-5-18(6-4-17)13-9-19(10-13)14(20)12-7-15-16-8-12/h7-8,11,13H,3-6,9-10H2,1-2H3,(H,15,16). The van der Waals surface area contributed by atoms with Gasteiger partial charge < -0.3 is 4.90 Å². The van der Waals surface area contributed by atoms with Crippen molar-refractivity contribution in [3.63, 3.8) is 0 Å². The quantitative estimate of drug-likeness (QED) is 0.861. The molecule has 0 unspecified atom stereocenters. The zero-order valence-electron chi connectivity index (χ0n) is 12.2. The number of amides is 1. The number of nitrogens with one attached hydrogen (secondary N) is 1. The first-order chi connectivity index (χ1) is 9.65. The van der Waals surface area contributed by atoms with E-state index in [2.05, 4.69) is 33.8 Å². The van der Waals surface area contributed by atoms with Gasteiger partial charge in [-0.3, -0.25) is 19.7 Å². The monoisotopic (exact) mass is 277 g/mol. The second-order valence-corrected chi connectivity index (χ2v) is 6.02. The predicted molar refractivity (Wildman–Crippen MR) is 76.6 cm³/mol. The van der Waals surface area contributed by atoms with Crippen LogP contribution in [0.1, 0.15) is 24.2 Å². The molecule has 0 spiro atoms. The topological polar surface area (TPSA) is 55.5 Å². The minimum Gasteiger partial charge on any atom is -0.335 e. The van der Waals surface area contributed by atoms with Crippen LogP contribution >= 0.6 is 0 Å². The van der Waals surface area contributed by atoms with Gasteiger partial charge in [0.1, 0.15) is 0 Å². The Balaban J connectivity index is 1.46. The lowest BCUT2D eigenvalue weighted by atomic mass is 10.0. The van der Waals surface area contributed by atoms with Gasteiger partial charge in [-0.25, -0.2) is 0 Å². The van der Waals surface area contributed by atoms with Crippen molar-refractivity contribution in [2.45, 2.75) is 25.9 Å². The number of H-pyrrole nitrogens is 1. The van der Waals surface area contributed by atoms with Crippen LogP contribution in [-0.4, -0.2) is 82.2 Å². The van der Waals surface area contributed by atoms with Crippen LogP contribution in [0.15, 0.2) is 12.4 Å². The molecular formula is C14H23N5O. The van der Waals surface area contributed by atoms with E-state index in [4.69, 9.17) is 0 Å². The molecule has 0 aliphatic carbocycles. The molecule has 0 aromatic carbocycles. The summed E-state index contributed by atoms with van der Waals surface area (Å²) in [5, 5.41) is 6.52. The third-order valence-electron chi connectivity index (χ3n) is 4.49. The van der Waals surface area contributed by atoms with Crippen molar-refractivity contribution in [2.75, 3.05) is 39.3 Å². The summed E-state index contributed by atoms with van der Waals surface area (Å²) in [6, 6.07) is 1.18. The molecule has 6 nitrogen and oxygen atoms in total. The van der Waals surface area contributed by atoms with Crippen molar-refractivity contribution in [2.24, 2.45) is 0 Å². The van der Waals surface area contributed by atoms with Crippen LogP contribution in [0.4, 0.5) is 0 Å². The van der Waals surface area contributed by atoms with Crippen molar-refractivity contribution in [3.8, 4) is 0 Å². The molecule has 2 saturated heterocycles. The molecule has 1 aromatic heterocycles. The van der Waals surface area contributed by atoms with E-state index < -0.39 is 0 Å². The number of hydrogen-bond donors (Lipinski definition) is 1. The Morgan fingerprint density at radius 3 is 2.55 bits per heavy atom. The Hall–Kier alpha value is -1.40. The molecule has 1 amide bonds. The predicted octanol–water partition coefficient (Wildman–Crippen LogP) is 0.260. The Kier molecular flexibility index (Phi) is 3.76. The Bertz CT molecular complexity index is 444. The van der Waals surface area contributed by atoms with E-state index in [0.717, 1.165) is 39.3 Å². The molecule has 0 saturated carbocycles. The van der Waals surface area contributed by atoms with Crippen LogP contribution in [0, 0.1) is 0 Å². The molecule has 2 aliphatic heterocycles. The van der Waals surface area contributed by atoms with Crippen LogP contribution in [0.25, 0.3) is 0 Å². The summed E-state index contributed by atoms with van der Waals surface area (Å²) in [6.45, 7) is 10.7. The lowest BCUT2D eigenvalue weighted by Gasteiger charge is -2.48. The van der Waals surface area contributed by atoms with Crippen LogP contribution in [0.2, 0.25) is 0 Å². The summed E-state index contributed by atoms with van der Waals surface area (Å²) < 4.78 is 0. The molecule has 2 fully saturated rings. The Morgan fingerprint density at radius 2 is 2.00 bits per heavy atom. The Morgan fingerprint density at radius 1 is 1.30 bits per heavy atom. The third kappa shape index (κ3) is 2.58. The zero-order valence-corrected chi connectivity index (χ0v) is 12.2. The molecule has 20 heavy (non-hydrogen) atoms. The first-order valence-corrected chi connectivity index (χ1v) is 7.41. The summed E-state index contributed by atoms with van der Waals surface area (Å²) in [5.41, 5.74) is 0.660. The second kappa shape index (κ2) is 5.54. The van der Waals surface area contributed by atoms with Crippen molar-refractivity contribution in [1.82, 2.24) is 24.9 Å². The summed E-state index contributed by atoms with van der Waals surface area (Å²) in [6.07, 6.45) is 3.26. The average molecular weight is 277 g/mol. The Labute approximate surface area is 119 Å². The van der Waals surface area contributed by atoms with Gasteiger partial charge in [-0.15, -0.1) is 0 Å². The molecular weight excluding hydrogens is 254 g/mol. The molecule has 6 heteroatoms. The zero-order chi connectivity index (χ0) is 14.1. The fourth-order valence-electron chi connectivity index (χ4n) is 3.02. The summed E-state index contributed by atoms with van der Waals surface area (Å²) in [4.78, 5) is 19.0. The van der Waals surface area contributed by atoms with Gasteiger partial charge in [0.05, 0.1) is 11.8 Å². The van der Waals surface area contributed by atoms with E-state index in [-0.39, 0.29) is 5.91 Å². The lowest BCUT2D eigenvalue weighted by molar-refractivity contribution is 0.00318. The molecule has 2 aliphatic rings. The van der Waals surface area contributed by atoms with Crippen molar-refractivity contribution < 1.29 is 4.79 Å². The van der Waals surface area contributed by atoms with Crippen molar-refractivity contribution >= 4 is 5.91 Å². The first kappa shape index (κ1) is 13.6. The van der Waals surface area contributed by atoms with E-state index >= 15 is 0 Å². The van der Waals surface area contributed by atoms with Crippen LogP contribution < -0.4 is 0 Å². The SMILES string of the molecule is CC(C)N1CCN(C2CN(C(=O)c3cn[nH]c3)C2)CC1. The highest BCUT2D eigenvalue weighted by Gasteiger charge is 2.36. The number of likely N-dealkylation sites (tertiary alicyclic amines) is 1. The van der Waals surface area contributed by atoms with Gasteiger partial charge in [-0.2, -0.15) is 5.10 Å². The highest BCUT2D eigenvalue weighted by atomic mass is 16.2. The van der Waals surface area contributed by atoms with E-state index in [1.165, 1.54) is 0 Å². The minimum atomic E-state index is 0.0933. The average Bonchev–Trinajstić information content (AvgIpc) is 2.91. The van der Waals surface area contributed by atoms with Crippen LogP contribution in [0.5, 0.6) is 0 Å². The van der Waals surface area contributed by atoms with E-state index in [1.54, 1.807) is 12.4 Å². The molecule has 3 rings (SSSR count). The number of aromatic nitrogens is 2. The van der Waals surface area contributed by atoms with Crippen LogP contribution in [-0.2, 0) is 0 Å². The molecule has 1 N–H and O–H groups in total. The fraction of sp³-hybridized carbons (Fsp3) is 0.714. The van der Waals surface area contributed by atoms with Gasteiger partial charge in [-0.1, -0.05) is 0 Å². The lowest BCUT2D eigenvalue weighted by Crippen LogP contribution is -2.64. The highest BCUT2D eigenvalue weighted by Crippen LogP contribution is 2.19. The number of carbonyl (C=O) groups excluding carboxylic acids is 1. The van der Waals surface area contributed by atoms with Crippen LogP contribution in [0.3, 0.4) is 0 Å². The number of rotatable bonds is 3. The molecule has 0 bridgehead atoms. The normalized spacial score (nSPS) is 22.2. The molecule has 110 valence electrons. The second-order valence-electron chi connectivity index (χ2n) is 6.02. The van der Waals surface area contributed by atoms with E-state index in [9.17, 15) is 4.79 Å². The summed E-state index contributed by atoms with van der Waals surface area (Å²) in [5.74, 6) is 0.0933. The number of piperazine rings is 1. The molecule has 0 atom stereocenters. The first-order valence-electron chi connectivity index (χ1n) is 7.41. The van der Waals surface area contributed by atoms with E-state index in [0.29, 0.717) is 17.6 Å². The molecule has 3 heterocycles. The smallest absolute Gasteiger partial charge is 0.257 e. The summed E-state index contributed by atoms with van der Waals surface area (Å²) >= 11 is 0. The maximum absolute atomic E-state index is 12.1. The number of hydrogen-bond acceptors (Lipinski definition) is 4. The number of nitrogens with zero attached hydrogens (tertiary/aromatic N) is 4. The third-order valence-corrected chi connectivity index (χ3v) is 4.49. The van der Waals surface area contributed by atoms with E-state index in [1.807, 2.05) is 4.90 Å². The van der Waals surface area contributed by atoms with Gasteiger partial charge in [0.25, 0.3) is 5.91 Å². The van der Waals surface area contributed by atoms with Gasteiger partial charge in [0, 0.05) is 57.5 Å². The maximum atomic E-state index is 12.1. The fourth-order valence-corrected chi connectivity index (χ4v) is 3.02. The van der Waals surface area contributed by atoms with Gasteiger partial charge in [0.15, 0.2) is 0 Å². The van der Waals surface area contributed by atoms with Gasteiger partial charge >= 0.3 is 0 Å². The minimum absolute atomic E-state index is 0.0933. The van der Waals surface area contributed by atoms with Crippen molar-refractivity contribution in [3.05, 3.63) is 18.0 Å². The van der Waals surface area contributed by atoms with Gasteiger partial charge in [-0.05, 0) is 13.8 Å². The number of aromatic amines is 1.